The van der Waals surface area contributed by atoms with Crippen LogP contribution in [0.5, 0.6) is 0 Å². The molecule has 0 bridgehead atoms. The topological polar surface area (TPSA) is 102 Å². The molecule has 0 radical (unpaired) electrons. The number of aliphatic carboxylic acids is 1. The fourth-order valence-electron chi connectivity index (χ4n) is 5.56. The Morgan fingerprint density at radius 3 is 1.57 bits per heavy atom. The monoisotopic (exact) mass is 756 g/mol. The number of quaternary nitrogens is 1. The summed E-state index contributed by atoms with van der Waals surface area (Å²) < 4.78 is 17.1. The Hall–Kier alpha value is -3.23. The van der Waals surface area contributed by atoms with Crippen LogP contribution in [0.2, 0.25) is 0 Å². The minimum absolute atomic E-state index is 0.0155. The molecular weight excluding hydrogens is 679 g/mol. The van der Waals surface area contributed by atoms with E-state index in [9.17, 15) is 19.5 Å². The molecule has 0 aromatic rings. The van der Waals surface area contributed by atoms with Gasteiger partial charge in [0.05, 0.1) is 40.3 Å². The Bertz CT molecular complexity index is 1110. The van der Waals surface area contributed by atoms with Crippen LogP contribution in [-0.2, 0) is 28.6 Å². The smallest absolute Gasteiger partial charge is 0.306 e. The van der Waals surface area contributed by atoms with E-state index >= 15 is 0 Å². The number of carbonyl (C=O) groups is 3. The molecule has 54 heavy (non-hydrogen) atoms. The number of likely N-dealkylation sites (N-methyl/N-ethyl adjacent to an activating group) is 1. The van der Waals surface area contributed by atoms with Gasteiger partial charge in [-0.1, -0.05) is 119 Å². The Morgan fingerprint density at radius 2 is 1.04 bits per heavy atom. The third-order valence-electron chi connectivity index (χ3n) is 8.83. The highest BCUT2D eigenvalue weighted by molar-refractivity contribution is 5.70. The number of nitrogens with zero attached hydrogens (tertiary/aromatic N) is 1. The molecule has 0 aromatic carbocycles. The Balaban J connectivity index is 4.49. The zero-order chi connectivity index (χ0) is 40.0. The summed E-state index contributed by atoms with van der Waals surface area (Å²) in [5, 5.41) is 11.6. The minimum Gasteiger partial charge on any atom is -0.544 e. The normalized spacial score (nSPS) is 13.7. The van der Waals surface area contributed by atoms with Crippen LogP contribution >= 0.6 is 0 Å². The maximum atomic E-state index is 12.7. The summed E-state index contributed by atoms with van der Waals surface area (Å²) in [6, 6.07) is -0.738. The molecule has 0 saturated heterocycles. The van der Waals surface area contributed by atoms with Gasteiger partial charge < -0.3 is 28.6 Å². The van der Waals surface area contributed by atoms with Gasteiger partial charge in [-0.05, 0) is 83.5 Å². The number of rotatable bonds is 36. The highest BCUT2D eigenvalue weighted by Gasteiger charge is 2.25. The van der Waals surface area contributed by atoms with Crippen molar-refractivity contribution in [2.75, 3.05) is 41.0 Å². The molecule has 0 aliphatic heterocycles. The van der Waals surface area contributed by atoms with Crippen LogP contribution in [0, 0.1) is 0 Å². The van der Waals surface area contributed by atoms with Crippen molar-refractivity contribution < 1.29 is 38.2 Å². The molecule has 0 aromatic heterocycles. The van der Waals surface area contributed by atoms with Crippen LogP contribution in [0.1, 0.15) is 149 Å². The molecule has 0 aliphatic carbocycles. The van der Waals surface area contributed by atoms with Gasteiger partial charge >= 0.3 is 11.9 Å². The summed E-state index contributed by atoms with van der Waals surface area (Å²) in [7, 11) is 5.37. The molecule has 308 valence electrons. The Kier molecular flexibility index (Phi) is 34.5. The van der Waals surface area contributed by atoms with E-state index in [2.05, 4.69) is 86.8 Å². The van der Waals surface area contributed by atoms with E-state index in [0.717, 1.165) is 83.5 Å². The van der Waals surface area contributed by atoms with E-state index in [4.69, 9.17) is 14.2 Å². The van der Waals surface area contributed by atoms with Crippen LogP contribution in [0.3, 0.4) is 0 Å². The summed E-state index contributed by atoms with van der Waals surface area (Å²) in [6.07, 6.45) is 45.0. The molecule has 0 N–H and O–H groups in total. The number of carbonyl (C=O) groups excluding carboxylic acids is 3. The molecule has 2 unspecified atom stereocenters. The van der Waals surface area contributed by atoms with Crippen molar-refractivity contribution in [1.82, 2.24) is 0 Å². The zero-order valence-corrected chi connectivity index (χ0v) is 34.9. The fourth-order valence-corrected chi connectivity index (χ4v) is 5.56. The van der Waals surface area contributed by atoms with Crippen LogP contribution in [0.15, 0.2) is 72.9 Å². The first-order chi connectivity index (χ1) is 26.1. The van der Waals surface area contributed by atoms with Crippen molar-refractivity contribution in [3.8, 4) is 0 Å². The lowest BCUT2D eigenvalue weighted by atomic mass is 10.1. The average Bonchev–Trinajstić information content (AvgIpc) is 3.12. The van der Waals surface area contributed by atoms with Crippen LogP contribution in [-0.4, -0.2) is 75.5 Å². The van der Waals surface area contributed by atoms with E-state index in [0.29, 0.717) is 12.8 Å². The third-order valence-corrected chi connectivity index (χ3v) is 8.83. The molecular formula is C46H77NO7. The molecule has 8 nitrogen and oxygen atoms in total. The predicted molar refractivity (Wildman–Crippen MR) is 222 cm³/mol. The SMILES string of the molecule is CC/C=C\C/C=C\C/C=C\C/C=C\CCCCC(=O)OC(COCCC(C(=O)[O-])[N+](C)(C)C)COC(=O)CCCCCCC/C=C\C/C=C\CCCCC. The quantitative estimate of drug-likeness (QED) is 0.0272. The molecule has 0 saturated carbocycles. The lowest BCUT2D eigenvalue weighted by Gasteiger charge is -2.34. The van der Waals surface area contributed by atoms with Gasteiger partial charge in [-0.3, -0.25) is 9.59 Å². The average molecular weight is 756 g/mol. The lowest BCUT2D eigenvalue weighted by molar-refractivity contribution is -0.889. The number of ether oxygens (including phenoxy) is 3. The largest absolute Gasteiger partial charge is 0.544 e. The van der Waals surface area contributed by atoms with Crippen molar-refractivity contribution in [2.45, 2.75) is 161 Å². The number of carboxylic acid groups (broad SMARTS) is 1. The van der Waals surface area contributed by atoms with Gasteiger partial charge in [0.1, 0.15) is 12.6 Å². The molecule has 0 heterocycles. The zero-order valence-electron chi connectivity index (χ0n) is 34.9. The summed E-state index contributed by atoms with van der Waals surface area (Å²) in [5.41, 5.74) is 0. The standard InChI is InChI=1S/C46H77NO7/c1-6-8-10-12-14-16-18-20-22-24-26-28-30-32-34-36-44(48)53-41-42(40-52-39-38-43(46(50)51)47(3,4)5)54-45(49)37-35-33-31-29-27-25-23-21-19-17-15-13-11-9-7-2/h9,11,14-17,20-23,27,29,42-43H,6-8,10,12-13,18-19,24-26,28,30-41H2,1-5H3/b11-9-,16-14-,17-15-,22-20-,23-21-,29-27-. The van der Waals surface area contributed by atoms with E-state index in [1.165, 1.54) is 25.7 Å². The van der Waals surface area contributed by atoms with Gasteiger partial charge in [0.15, 0.2) is 6.10 Å². The highest BCUT2D eigenvalue weighted by atomic mass is 16.6. The van der Waals surface area contributed by atoms with Gasteiger partial charge in [0, 0.05) is 19.3 Å². The van der Waals surface area contributed by atoms with Crippen LogP contribution < -0.4 is 5.11 Å². The van der Waals surface area contributed by atoms with Gasteiger partial charge in [0.25, 0.3) is 0 Å². The van der Waals surface area contributed by atoms with Crippen molar-refractivity contribution in [3.63, 3.8) is 0 Å². The van der Waals surface area contributed by atoms with Gasteiger partial charge in [-0.15, -0.1) is 0 Å². The highest BCUT2D eigenvalue weighted by Crippen LogP contribution is 2.12. The number of hydrogen-bond acceptors (Lipinski definition) is 7. The third kappa shape index (κ3) is 34.5. The number of carboxylic acids is 1. The molecule has 0 spiro atoms. The summed E-state index contributed by atoms with van der Waals surface area (Å²) in [4.78, 5) is 36.8. The van der Waals surface area contributed by atoms with Crippen molar-refractivity contribution in [3.05, 3.63) is 72.9 Å². The van der Waals surface area contributed by atoms with Crippen molar-refractivity contribution in [1.29, 1.82) is 0 Å². The molecule has 0 amide bonds. The van der Waals surface area contributed by atoms with Gasteiger partial charge in [-0.25, -0.2) is 0 Å². The summed E-state index contributed by atoms with van der Waals surface area (Å²) in [6.45, 7) is 4.44. The van der Waals surface area contributed by atoms with E-state index in [-0.39, 0.29) is 49.1 Å². The fraction of sp³-hybridized carbons (Fsp3) is 0.674. The maximum absolute atomic E-state index is 12.7. The van der Waals surface area contributed by atoms with E-state index in [1.807, 2.05) is 0 Å². The lowest BCUT2D eigenvalue weighted by Crippen LogP contribution is -2.55. The second-order valence-corrected chi connectivity index (χ2v) is 14.8. The molecule has 2 atom stereocenters. The summed E-state index contributed by atoms with van der Waals surface area (Å²) in [5.74, 6) is -1.82. The first kappa shape index (κ1) is 50.8. The molecule has 0 fully saturated rings. The van der Waals surface area contributed by atoms with Crippen molar-refractivity contribution in [2.24, 2.45) is 0 Å². The Morgan fingerprint density at radius 1 is 0.574 bits per heavy atom. The summed E-state index contributed by atoms with van der Waals surface area (Å²) >= 11 is 0. The van der Waals surface area contributed by atoms with Crippen LogP contribution in [0.25, 0.3) is 0 Å². The second kappa shape index (κ2) is 36.7. The van der Waals surface area contributed by atoms with Gasteiger partial charge in [0.2, 0.25) is 0 Å². The second-order valence-electron chi connectivity index (χ2n) is 14.8. The van der Waals surface area contributed by atoms with Gasteiger partial charge in [-0.2, -0.15) is 0 Å². The minimum atomic E-state index is -1.14. The van der Waals surface area contributed by atoms with Crippen LogP contribution in [0.4, 0.5) is 0 Å². The number of esters is 2. The number of unbranched alkanes of at least 4 members (excludes halogenated alkanes) is 10. The molecule has 8 heteroatoms. The maximum Gasteiger partial charge on any atom is 0.306 e. The Labute approximate surface area is 330 Å². The molecule has 0 aliphatic rings. The first-order valence-electron chi connectivity index (χ1n) is 21.0. The van der Waals surface area contributed by atoms with Crippen molar-refractivity contribution >= 4 is 17.9 Å². The number of hydrogen-bond donors (Lipinski definition) is 0. The number of allylic oxidation sites excluding steroid dienone is 12. The van der Waals surface area contributed by atoms with E-state index < -0.39 is 18.1 Å². The van der Waals surface area contributed by atoms with E-state index in [1.54, 1.807) is 21.1 Å². The molecule has 0 rings (SSSR count). The predicted octanol–water partition coefficient (Wildman–Crippen LogP) is 9.85. The first-order valence-corrected chi connectivity index (χ1v) is 21.0.